The number of hydrazine groups is 1. The molecule has 8 nitrogen and oxygen atoms in total. The van der Waals surface area contributed by atoms with Gasteiger partial charge in [-0.15, -0.1) is 0 Å². The van der Waals surface area contributed by atoms with Gasteiger partial charge in [0.2, 0.25) is 16.0 Å². The van der Waals surface area contributed by atoms with Gasteiger partial charge in [0.05, 0.1) is 24.6 Å². The van der Waals surface area contributed by atoms with Gasteiger partial charge >= 0.3 is 0 Å². The molecule has 1 aromatic heterocycles. The van der Waals surface area contributed by atoms with E-state index in [9.17, 15) is 8.42 Å². The number of nitrogens with one attached hydrogen (secondary N) is 1. The maximum Gasteiger partial charge on any atom is 0.246 e. The zero-order chi connectivity index (χ0) is 13.5. The van der Waals surface area contributed by atoms with E-state index in [4.69, 9.17) is 10.6 Å². The zero-order valence-corrected chi connectivity index (χ0v) is 11.0. The Bertz CT molecular complexity index is 549. The average Bonchev–Trinajstić information content (AvgIpc) is 2.77. The van der Waals surface area contributed by atoms with Crippen LogP contribution in [0.2, 0.25) is 0 Å². The van der Waals surface area contributed by atoms with E-state index in [0.717, 1.165) is 12.8 Å². The summed E-state index contributed by atoms with van der Waals surface area (Å²) in [5.41, 5.74) is 2.26. The van der Waals surface area contributed by atoms with Crippen molar-refractivity contribution in [2.45, 2.75) is 29.9 Å². The van der Waals surface area contributed by atoms with Crippen molar-refractivity contribution in [3.8, 4) is 0 Å². The molecule has 0 aromatic carbocycles. The molecule has 0 aliphatic carbocycles. The first-order valence-electron chi connectivity index (χ1n) is 6.04. The SMILES string of the molecule is NNc1ncc(S(=O)(=O)N2CC3CCC(C2)O3)cn1. The number of nitrogen functional groups attached to an aromatic ring is 1. The predicted octanol–water partition coefficient (Wildman–Crippen LogP) is -0.686. The van der Waals surface area contributed by atoms with Gasteiger partial charge in [-0.25, -0.2) is 24.2 Å². The molecule has 2 fully saturated rings. The third-order valence-corrected chi connectivity index (χ3v) is 5.19. The second kappa shape index (κ2) is 4.67. The molecule has 1 aromatic rings. The van der Waals surface area contributed by atoms with Crippen LogP contribution in [0, 0.1) is 0 Å². The lowest BCUT2D eigenvalue weighted by atomic mass is 10.2. The Labute approximate surface area is 111 Å². The zero-order valence-electron chi connectivity index (χ0n) is 10.2. The number of hydrogen-bond donors (Lipinski definition) is 2. The maximum absolute atomic E-state index is 12.4. The summed E-state index contributed by atoms with van der Waals surface area (Å²) in [4.78, 5) is 7.73. The van der Waals surface area contributed by atoms with Gasteiger partial charge in [-0.2, -0.15) is 4.31 Å². The van der Waals surface area contributed by atoms with Gasteiger partial charge in [-0.1, -0.05) is 0 Å². The van der Waals surface area contributed by atoms with Crippen molar-refractivity contribution < 1.29 is 13.2 Å². The lowest BCUT2D eigenvalue weighted by molar-refractivity contribution is -0.0114. The Balaban J connectivity index is 1.85. The highest BCUT2D eigenvalue weighted by Gasteiger charge is 2.39. The molecule has 3 rings (SSSR count). The van der Waals surface area contributed by atoms with Crippen LogP contribution < -0.4 is 11.3 Å². The Morgan fingerprint density at radius 3 is 2.37 bits per heavy atom. The van der Waals surface area contributed by atoms with E-state index in [2.05, 4.69) is 15.4 Å². The van der Waals surface area contributed by atoms with Gasteiger partial charge in [0, 0.05) is 13.1 Å². The number of aromatic nitrogens is 2. The van der Waals surface area contributed by atoms with Crippen molar-refractivity contribution in [2.75, 3.05) is 18.5 Å². The number of ether oxygens (including phenoxy) is 1. The van der Waals surface area contributed by atoms with Gasteiger partial charge in [0.1, 0.15) is 4.90 Å². The highest BCUT2D eigenvalue weighted by Crippen LogP contribution is 2.29. The van der Waals surface area contributed by atoms with E-state index in [1.165, 1.54) is 16.7 Å². The standard InChI is InChI=1S/C10H15N5O3S/c11-14-10-12-3-9(4-13-10)19(16,17)15-5-7-1-2-8(6-15)18-7/h3-4,7-8H,1-2,5-6,11H2,(H,12,13,14). The monoisotopic (exact) mass is 285 g/mol. The molecule has 2 bridgehead atoms. The number of fused-ring (bicyclic) bond motifs is 2. The second-order valence-corrected chi connectivity index (χ2v) is 6.60. The smallest absolute Gasteiger partial charge is 0.246 e. The Morgan fingerprint density at radius 1 is 1.26 bits per heavy atom. The molecule has 3 heterocycles. The van der Waals surface area contributed by atoms with Crippen molar-refractivity contribution in [3.05, 3.63) is 12.4 Å². The molecule has 0 saturated carbocycles. The molecule has 9 heteroatoms. The van der Waals surface area contributed by atoms with Crippen molar-refractivity contribution in [3.63, 3.8) is 0 Å². The molecule has 2 unspecified atom stereocenters. The summed E-state index contributed by atoms with van der Waals surface area (Å²) < 4.78 is 32.0. The number of morpholine rings is 1. The van der Waals surface area contributed by atoms with Crippen LogP contribution in [0.25, 0.3) is 0 Å². The maximum atomic E-state index is 12.4. The molecule has 104 valence electrons. The van der Waals surface area contributed by atoms with Crippen LogP contribution >= 0.6 is 0 Å². The highest BCUT2D eigenvalue weighted by atomic mass is 32.2. The van der Waals surface area contributed by atoms with Gasteiger partial charge in [0.15, 0.2) is 0 Å². The Kier molecular flexibility index (Phi) is 3.13. The highest BCUT2D eigenvalue weighted by molar-refractivity contribution is 7.89. The fraction of sp³-hybridized carbons (Fsp3) is 0.600. The van der Waals surface area contributed by atoms with Gasteiger partial charge in [0.25, 0.3) is 0 Å². The van der Waals surface area contributed by atoms with Crippen LogP contribution in [0.15, 0.2) is 17.3 Å². The summed E-state index contributed by atoms with van der Waals surface area (Å²) in [7, 11) is -3.55. The predicted molar refractivity (Wildman–Crippen MR) is 66.5 cm³/mol. The van der Waals surface area contributed by atoms with Crippen LogP contribution in [-0.2, 0) is 14.8 Å². The Morgan fingerprint density at radius 2 is 1.84 bits per heavy atom. The molecule has 0 spiro atoms. The first kappa shape index (κ1) is 12.7. The Hall–Kier alpha value is -1.29. The van der Waals surface area contributed by atoms with Crippen molar-refractivity contribution in [1.29, 1.82) is 0 Å². The number of rotatable bonds is 3. The van der Waals surface area contributed by atoms with Crippen LogP contribution in [0.4, 0.5) is 5.95 Å². The van der Waals surface area contributed by atoms with E-state index in [1.807, 2.05) is 0 Å². The van der Waals surface area contributed by atoms with Gasteiger partial charge < -0.3 is 4.74 Å². The number of hydrogen-bond acceptors (Lipinski definition) is 7. The largest absolute Gasteiger partial charge is 0.372 e. The molecular weight excluding hydrogens is 270 g/mol. The molecule has 2 aliphatic rings. The molecule has 3 N–H and O–H groups in total. The lowest BCUT2D eigenvalue weighted by Gasteiger charge is -2.31. The number of anilines is 1. The van der Waals surface area contributed by atoms with Crippen LogP contribution in [-0.4, -0.2) is 48.0 Å². The topological polar surface area (TPSA) is 110 Å². The first-order chi connectivity index (χ1) is 9.09. The summed E-state index contributed by atoms with van der Waals surface area (Å²) in [6, 6.07) is 0. The number of nitrogens with zero attached hydrogens (tertiary/aromatic N) is 3. The lowest BCUT2D eigenvalue weighted by Crippen LogP contribution is -2.45. The summed E-state index contributed by atoms with van der Waals surface area (Å²) >= 11 is 0. The van der Waals surface area contributed by atoms with Crippen LogP contribution in [0.1, 0.15) is 12.8 Å². The molecule has 0 radical (unpaired) electrons. The van der Waals surface area contributed by atoms with E-state index < -0.39 is 10.0 Å². The molecule has 2 aliphatic heterocycles. The van der Waals surface area contributed by atoms with Crippen molar-refractivity contribution >= 4 is 16.0 Å². The van der Waals surface area contributed by atoms with Crippen LogP contribution in [0.3, 0.4) is 0 Å². The number of sulfonamides is 1. The minimum atomic E-state index is -3.55. The quantitative estimate of drug-likeness (QED) is 0.559. The van der Waals surface area contributed by atoms with Gasteiger partial charge in [-0.3, -0.25) is 5.43 Å². The van der Waals surface area contributed by atoms with E-state index in [-0.39, 0.29) is 23.1 Å². The first-order valence-corrected chi connectivity index (χ1v) is 7.48. The second-order valence-electron chi connectivity index (χ2n) is 4.67. The molecular formula is C10H15N5O3S. The van der Waals surface area contributed by atoms with Crippen molar-refractivity contribution in [2.24, 2.45) is 5.84 Å². The fourth-order valence-corrected chi connectivity index (χ4v) is 3.84. The third-order valence-electron chi connectivity index (χ3n) is 3.41. The van der Waals surface area contributed by atoms with Crippen molar-refractivity contribution in [1.82, 2.24) is 14.3 Å². The summed E-state index contributed by atoms with van der Waals surface area (Å²) in [5, 5.41) is 0. The molecule has 2 saturated heterocycles. The minimum Gasteiger partial charge on any atom is -0.372 e. The molecule has 19 heavy (non-hydrogen) atoms. The van der Waals surface area contributed by atoms with E-state index in [0.29, 0.717) is 13.1 Å². The molecule has 2 atom stereocenters. The van der Waals surface area contributed by atoms with E-state index >= 15 is 0 Å². The van der Waals surface area contributed by atoms with E-state index in [1.54, 1.807) is 0 Å². The third kappa shape index (κ3) is 2.29. The number of nitrogens with two attached hydrogens (primary N) is 1. The minimum absolute atomic E-state index is 0.0134. The fourth-order valence-electron chi connectivity index (χ4n) is 2.45. The average molecular weight is 285 g/mol. The molecule has 0 amide bonds. The normalized spacial score (nSPS) is 27.4. The van der Waals surface area contributed by atoms with Gasteiger partial charge in [-0.05, 0) is 12.8 Å². The summed E-state index contributed by atoms with van der Waals surface area (Å²) in [6.45, 7) is 0.797. The summed E-state index contributed by atoms with van der Waals surface area (Å²) in [6.07, 6.45) is 4.38. The summed E-state index contributed by atoms with van der Waals surface area (Å²) in [5.74, 6) is 5.33. The van der Waals surface area contributed by atoms with Crippen LogP contribution in [0.5, 0.6) is 0 Å².